The molecular weight excluding hydrogens is 300 g/mol. The van der Waals surface area contributed by atoms with Crippen LogP contribution in [0.3, 0.4) is 0 Å². The molecule has 0 bridgehead atoms. The lowest BCUT2D eigenvalue weighted by Gasteiger charge is -2.15. The number of aryl methyl sites for hydroxylation is 1. The summed E-state index contributed by atoms with van der Waals surface area (Å²) >= 11 is 1.75. The zero-order valence-corrected chi connectivity index (χ0v) is 14.0. The molecule has 1 heterocycles. The van der Waals surface area contributed by atoms with Crippen molar-refractivity contribution in [3.8, 4) is 0 Å². The fraction of sp³-hybridized carbons (Fsp3) is 0.150. The van der Waals surface area contributed by atoms with Gasteiger partial charge in [0, 0.05) is 11.4 Å². The van der Waals surface area contributed by atoms with Crippen LogP contribution in [0.4, 0.5) is 0 Å². The predicted octanol–water partition coefficient (Wildman–Crippen LogP) is 4.73. The molecule has 0 saturated heterocycles. The van der Waals surface area contributed by atoms with Crippen LogP contribution in [0, 0.1) is 6.92 Å². The summed E-state index contributed by atoms with van der Waals surface area (Å²) in [5, 5.41) is 1.04. The molecule has 0 spiro atoms. The van der Waals surface area contributed by atoms with Crippen LogP contribution in [-0.2, 0) is 5.75 Å². The van der Waals surface area contributed by atoms with Crippen molar-refractivity contribution in [2.45, 2.75) is 23.7 Å². The lowest BCUT2D eigenvalue weighted by atomic mass is 9.99. The van der Waals surface area contributed by atoms with Gasteiger partial charge < -0.3 is 5.73 Å². The molecule has 3 aromatic rings. The molecule has 3 rings (SSSR count). The molecule has 0 unspecified atom stereocenters. The highest BCUT2D eigenvalue weighted by molar-refractivity contribution is 7.98. The number of hydrogen-bond acceptors (Lipinski definition) is 3. The molecule has 0 amide bonds. The van der Waals surface area contributed by atoms with E-state index in [-0.39, 0.29) is 6.04 Å². The molecule has 0 fully saturated rings. The van der Waals surface area contributed by atoms with Gasteiger partial charge in [0.1, 0.15) is 0 Å². The van der Waals surface area contributed by atoms with Crippen molar-refractivity contribution in [1.82, 2.24) is 4.98 Å². The van der Waals surface area contributed by atoms with Crippen molar-refractivity contribution in [1.29, 1.82) is 0 Å². The third-order valence-electron chi connectivity index (χ3n) is 3.82. The number of aromatic nitrogens is 1. The molecule has 0 aliphatic rings. The number of benzene rings is 2. The van der Waals surface area contributed by atoms with E-state index in [1.54, 1.807) is 11.8 Å². The molecule has 0 aliphatic heterocycles. The van der Waals surface area contributed by atoms with Gasteiger partial charge in [-0.15, -0.1) is 11.8 Å². The standard InChI is InChI=1S/C20H20N2S/c1-15-18(20(21)17-10-6-3-7-11-17)12-13-19(22-15)23-14-16-8-4-2-5-9-16/h2-13,20H,14,21H2,1H3/t20-/m0/s1. The van der Waals surface area contributed by atoms with Gasteiger partial charge in [-0.1, -0.05) is 66.7 Å². The maximum Gasteiger partial charge on any atom is 0.0966 e. The van der Waals surface area contributed by atoms with E-state index in [1.165, 1.54) is 5.56 Å². The van der Waals surface area contributed by atoms with Gasteiger partial charge in [0.2, 0.25) is 0 Å². The maximum absolute atomic E-state index is 6.39. The monoisotopic (exact) mass is 320 g/mol. The Morgan fingerprint density at radius 3 is 2.22 bits per heavy atom. The Morgan fingerprint density at radius 1 is 0.913 bits per heavy atom. The summed E-state index contributed by atoms with van der Waals surface area (Å²) in [5.41, 5.74) is 10.9. The first-order valence-corrected chi connectivity index (χ1v) is 8.67. The number of nitrogens with two attached hydrogens (primary N) is 1. The third-order valence-corrected chi connectivity index (χ3v) is 4.83. The molecule has 0 saturated carbocycles. The van der Waals surface area contributed by atoms with Crippen LogP contribution in [0.2, 0.25) is 0 Å². The number of rotatable bonds is 5. The first kappa shape index (κ1) is 15.8. The minimum absolute atomic E-state index is 0.128. The summed E-state index contributed by atoms with van der Waals surface area (Å²) in [6, 6.07) is 24.6. The molecule has 23 heavy (non-hydrogen) atoms. The van der Waals surface area contributed by atoms with Gasteiger partial charge in [-0.05, 0) is 29.7 Å². The molecule has 0 radical (unpaired) electrons. The van der Waals surface area contributed by atoms with Crippen molar-refractivity contribution in [3.63, 3.8) is 0 Å². The van der Waals surface area contributed by atoms with E-state index in [1.807, 2.05) is 31.2 Å². The van der Waals surface area contributed by atoms with Crippen molar-refractivity contribution in [3.05, 3.63) is 95.2 Å². The van der Waals surface area contributed by atoms with Crippen molar-refractivity contribution in [2.24, 2.45) is 5.73 Å². The Bertz CT molecular complexity index is 757. The number of thioether (sulfide) groups is 1. The fourth-order valence-electron chi connectivity index (χ4n) is 2.53. The van der Waals surface area contributed by atoms with E-state index < -0.39 is 0 Å². The molecule has 2 aromatic carbocycles. The lowest BCUT2D eigenvalue weighted by molar-refractivity contribution is 0.837. The zero-order valence-electron chi connectivity index (χ0n) is 13.1. The van der Waals surface area contributed by atoms with Crippen LogP contribution in [0.5, 0.6) is 0 Å². The third kappa shape index (κ3) is 4.01. The van der Waals surface area contributed by atoms with Gasteiger partial charge in [-0.2, -0.15) is 0 Å². The largest absolute Gasteiger partial charge is 0.320 e. The van der Waals surface area contributed by atoms with Crippen LogP contribution in [0.15, 0.2) is 77.8 Å². The van der Waals surface area contributed by atoms with Crippen LogP contribution in [0.1, 0.15) is 28.4 Å². The Morgan fingerprint density at radius 2 is 1.57 bits per heavy atom. The number of hydrogen-bond donors (Lipinski definition) is 1. The SMILES string of the molecule is Cc1nc(SCc2ccccc2)ccc1[C@@H](N)c1ccccc1. The summed E-state index contributed by atoms with van der Waals surface area (Å²) < 4.78 is 0. The molecule has 0 aliphatic carbocycles. The average molecular weight is 320 g/mol. The summed E-state index contributed by atoms with van der Waals surface area (Å²) in [4.78, 5) is 4.72. The van der Waals surface area contributed by atoms with E-state index in [0.29, 0.717) is 0 Å². The quantitative estimate of drug-likeness (QED) is 0.691. The minimum Gasteiger partial charge on any atom is -0.320 e. The molecule has 116 valence electrons. The first-order chi connectivity index (χ1) is 11.2. The highest BCUT2D eigenvalue weighted by atomic mass is 32.2. The minimum atomic E-state index is -0.128. The van der Waals surface area contributed by atoms with Gasteiger partial charge in [0.15, 0.2) is 0 Å². The second kappa shape index (κ2) is 7.44. The summed E-state index contributed by atoms with van der Waals surface area (Å²) in [7, 11) is 0. The van der Waals surface area contributed by atoms with Crippen molar-refractivity contribution in [2.75, 3.05) is 0 Å². The fourth-order valence-corrected chi connectivity index (χ4v) is 3.40. The van der Waals surface area contributed by atoms with E-state index in [0.717, 1.165) is 27.6 Å². The van der Waals surface area contributed by atoms with Crippen LogP contribution >= 0.6 is 11.8 Å². The van der Waals surface area contributed by atoms with Gasteiger partial charge in [0.05, 0.1) is 11.1 Å². The van der Waals surface area contributed by atoms with Gasteiger partial charge in [0.25, 0.3) is 0 Å². The van der Waals surface area contributed by atoms with E-state index in [2.05, 4.69) is 48.5 Å². The Labute approximate surface area is 141 Å². The van der Waals surface area contributed by atoms with E-state index in [4.69, 9.17) is 10.7 Å². The second-order valence-corrected chi connectivity index (χ2v) is 6.48. The highest BCUT2D eigenvalue weighted by Crippen LogP contribution is 2.26. The molecular formula is C20H20N2S. The van der Waals surface area contributed by atoms with Crippen molar-refractivity contribution >= 4 is 11.8 Å². The summed E-state index contributed by atoms with van der Waals surface area (Å²) in [5.74, 6) is 0.928. The molecule has 2 nitrogen and oxygen atoms in total. The van der Waals surface area contributed by atoms with Gasteiger partial charge in [-0.3, -0.25) is 0 Å². The summed E-state index contributed by atoms with van der Waals surface area (Å²) in [6.45, 7) is 2.03. The molecule has 1 aromatic heterocycles. The van der Waals surface area contributed by atoms with Gasteiger partial charge in [-0.25, -0.2) is 4.98 Å². The topological polar surface area (TPSA) is 38.9 Å². The lowest BCUT2D eigenvalue weighted by Crippen LogP contribution is -2.13. The Balaban J connectivity index is 1.73. The number of pyridine rings is 1. The zero-order chi connectivity index (χ0) is 16.1. The van der Waals surface area contributed by atoms with E-state index >= 15 is 0 Å². The van der Waals surface area contributed by atoms with E-state index in [9.17, 15) is 0 Å². The molecule has 2 N–H and O–H groups in total. The van der Waals surface area contributed by atoms with Crippen LogP contribution < -0.4 is 5.73 Å². The normalized spacial score (nSPS) is 12.1. The number of nitrogens with zero attached hydrogens (tertiary/aromatic N) is 1. The Kier molecular flexibility index (Phi) is 5.11. The average Bonchev–Trinajstić information content (AvgIpc) is 2.61. The smallest absolute Gasteiger partial charge is 0.0966 e. The summed E-state index contributed by atoms with van der Waals surface area (Å²) in [6.07, 6.45) is 0. The first-order valence-electron chi connectivity index (χ1n) is 7.69. The Hall–Kier alpha value is -2.10. The van der Waals surface area contributed by atoms with Crippen LogP contribution in [0.25, 0.3) is 0 Å². The molecule has 1 atom stereocenters. The highest BCUT2D eigenvalue weighted by Gasteiger charge is 2.12. The second-order valence-electron chi connectivity index (χ2n) is 5.49. The van der Waals surface area contributed by atoms with Crippen molar-refractivity contribution < 1.29 is 0 Å². The maximum atomic E-state index is 6.39. The van der Waals surface area contributed by atoms with Gasteiger partial charge >= 0.3 is 0 Å². The molecule has 3 heteroatoms. The predicted molar refractivity (Wildman–Crippen MR) is 97.4 cm³/mol. The van der Waals surface area contributed by atoms with Crippen LogP contribution in [-0.4, -0.2) is 4.98 Å².